The van der Waals surface area contributed by atoms with Gasteiger partial charge in [0.15, 0.2) is 5.78 Å². The molecule has 0 spiro atoms. The Labute approximate surface area is 180 Å². The third kappa shape index (κ3) is 5.52. The zero-order chi connectivity index (χ0) is 22.8. The van der Waals surface area contributed by atoms with Crippen molar-refractivity contribution in [1.82, 2.24) is 4.98 Å². The maximum Gasteiger partial charge on any atom is 0.312 e. The van der Waals surface area contributed by atoms with Crippen molar-refractivity contribution in [1.29, 1.82) is 0 Å². The van der Waals surface area contributed by atoms with Gasteiger partial charge < -0.3 is 9.72 Å². The number of benzene rings is 2. The van der Waals surface area contributed by atoms with Crippen molar-refractivity contribution in [3.8, 4) is 11.5 Å². The van der Waals surface area contributed by atoms with Gasteiger partial charge in [-0.2, -0.15) is 0 Å². The largest absolute Gasteiger partial charge is 0.450 e. The Morgan fingerprint density at radius 3 is 2.48 bits per heavy atom. The number of nitro benzene ring substituents is 1. The summed E-state index contributed by atoms with van der Waals surface area (Å²) in [5, 5.41) is 11.5. The second-order valence-corrected chi connectivity index (χ2v) is 8.81. The van der Waals surface area contributed by atoms with Gasteiger partial charge in [0, 0.05) is 17.6 Å². The highest BCUT2D eigenvalue weighted by molar-refractivity contribution is 7.07. The van der Waals surface area contributed by atoms with Gasteiger partial charge in [-0.05, 0) is 42.0 Å². The lowest BCUT2D eigenvalue weighted by Crippen LogP contribution is -2.22. The van der Waals surface area contributed by atoms with Crippen LogP contribution in [0.25, 0.3) is 12.2 Å². The van der Waals surface area contributed by atoms with Crippen LogP contribution in [0.1, 0.15) is 26.3 Å². The molecule has 3 rings (SSSR count). The number of aromatic amines is 1. The molecule has 1 heterocycles. The third-order valence-electron chi connectivity index (χ3n) is 4.20. The van der Waals surface area contributed by atoms with E-state index in [1.807, 2.05) is 0 Å². The number of rotatable bonds is 5. The van der Waals surface area contributed by atoms with Crippen LogP contribution in [0.5, 0.6) is 11.5 Å². The van der Waals surface area contributed by atoms with Gasteiger partial charge >= 0.3 is 5.69 Å². The Morgan fingerprint density at radius 2 is 1.87 bits per heavy atom. The van der Waals surface area contributed by atoms with Crippen molar-refractivity contribution in [2.24, 2.45) is 5.41 Å². The lowest BCUT2D eigenvalue weighted by molar-refractivity contribution is -0.385. The number of Topliss-reactive ketones (excluding diaryl/α,β-unsaturated/α-hetero) is 1. The van der Waals surface area contributed by atoms with E-state index >= 15 is 0 Å². The minimum Gasteiger partial charge on any atom is -0.450 e. The summed E-state index contributed by atoms with van der Waals surface area (Å²) < 4.78 is 19.2. The molecule has 1 aromatic heterocycles. The molecule has 9 heteroatoms. The minimum atomic E-state index is -0.601. The molecule has 7 nitrogen and oxygen atoms in total. The van der Waals surface area contributed by atoms with Gasteiger partial charge in [0.05, 0.1) is 14.1 Å². The lowest BCUT2D eigenvalue weighted by Gasteiger charge is -2.12. The molecule has 31 heavy (non-hydrogen) atoms. The second kappa shape index (κ2) is 8.65. The van der Waals surface area contributed by atoms with Gasteiger partial charge in [-0.15, -0.1) is 11.3 Å². The first-order valence-corrected chi connectivity index (χ1v) is 10.0. The molecule has 0 unspecified atom stereocenters. The Kier molecular flexibility index (Phi) is 6.16. The normalized spacial score (nSPS) is 12.8. The maximum atomic E-state index is 13.0. The Hall–Kier alpha value is -3.59. The summed E-state index contributed by atoms with van der Waals surface area (Å²) in [6.45, 7) is 5.33. The number of nitrogens with one attached hydrogen (secondary N) is 1. The van der Waals surface area contributed by atoms with E-state index in [0.29, 0.717) is 14.8 Å². The average molecular weight is 442 g/mol. The summed E-state index contributed by atoms with van der Waals surface area (Å²) in [5.41, 5.74) is -0.863. The summed E-state index contributed by atoms with van der Waals surface area (Å²) in [5.74, 6) is -0.346. The van der Waals surface area contributed by atoms with E-state index in [1.165, 1.54) is 48.6 Å². The number of nitrogens with zero attached hydrogens (tertiary/aromatic N) is 1. The summed E-state index contributed by atoms with van der Waals surface area (Å²) >= 11 is 1.08. The molecular weight excluding hydrogens is 423 g/mol. The van der Waals surface area contributed by atoms with E-state index in [-0.39, 0.29) is 23.0 Å². The molecule has 0 saturated heterocycles. The topological polar surface area (TPSA) is 102 Å². The standard InChI is InChI=1S/C22H19FN2O5S/c1-22(2,3)19(26)12-20-24-21(27)18(31-20)11-13-4-9-17(16(10-13)25(28)29)30-15-7-5-14(23)6-8-15/h4-12H,1-3H3,(H,24,27)/b18-11+,20-12+. The molecule has 0 amide bonds. The first kappa shape index (κ1) is 22.1. The molecule has 2 aromatic carbocycles. The van der Waals surface area contributed by atoms with E-state index in [1.54, 1.807) is 26.8 Å². The molecule has 160 valence electrons. The minimum absolute atomic E-state index is 0.0151. The zero-order valence-electron chi connectivity index (χ0n) is 17.0. The molecule has 0 aliphatic heterocycles. The van der Waals surface area contributed by atoms with E-state index in [0.717, 1.165) is 11.3 Å². The molecule has 0 aliphatic carbocycles. The van der Waals surface area contributed by atoms with Crippen LogP contribution in [0.4, 0.5) is 10.1 Å². The molecule has 0 fully saturated rings. The van der Waals surface area contributed by atoms with Gasteiger partial charge in [-0.25, -0.2) is 4.39 Å². The second-order valence-electron chi connectivity index (χ2n) is 7.73. The van der Waals surface area contributed by atoms with Crippen LogP contribution in [0, 0.1) is 21.3 Å². The number of carbonyl (C=O) groups excluding carboxylic acids is 1. The van der Waals surface area contributed by atoms with Crippen molar-refractivity contribution in [3.05, 3.63) is 83.5 Å². The van der Waals surface area contributed by atoms with Gasteiger partial charge in [0.25, 0.3) is 5.56 Å². The van der Waals surface area contributed by atoms with Crippen LogP contribution in [-0.2, 0) is 4.79 Å². The predicted molar refractivity (Wildman–Crippen MR) is 116 cm³/mol. The number of ketones is 1. The average Bonchev–Trinajstić information content (AvgIpc) is 3.02. The number of H-pyrrole nitrogens is 1. The predicted octanol–water partition coefficient (Wildman–Crippen LogP) is 3.50. The Morgan fingerprint density at radius 1 is 1.19 bits per heavy atom. The fraction of sp³-hybridized carbons (Fsp3) is 0.182. The number of thiazole rings is 1. The molecule has 0 radical (unpaired) electrons. The molecular formula is C22H19FN2O5S. The van der Waals surface area contributed by atoms with Gasteiger partial charge in [-0.3, -0.25) is 19.7 Å². The molecule has 0 aliphatic rings. The van der Waals surface area contributed by atoms with Crippen LogP contribution in [-0.4, -0.2) is 15.7 Å². The third-order valence-corrected chi connectivity index (χ3v) is 5.16. The highest BCUT2D eigenvalue weighted by Gasteiger charge is 2.19. The number of ether oxygens (including phenoxy) is 1. The summed E-state index contributed by atoms with van der Waals surface area (Å²) in [6.07, 6.45) is 2.88. The first-order valence-electron chi connectivity index (χ1n) is 9.22. The van der Waals surface area contributed by atoms with Gasteiger partial charge in [-0.1, -0.05) is 26.8 Å². The fourth-order valence-corrected chi connectivity index (χ4v) is 3.38. The van der Waals surface area contributed by atoms with Gasteiger partial charge in [0.2, 0.25) is 5.75 Å². The quantitative estimate of drug-likeness (QED) is 0.481. The summed E-state index contributed by atoms with van der Waals surface area (Å²) in [6, 6.07) is 9.35. The molecule has 0 atom stereocenters. The number of hydrogen-bond acceptors (Lipinski definition) is 6. The number of aromatic nitrogens is 1. The van der Waals surface area contributed by atoms with Crippen molar-refractivity contribution in [2.45, 2.75) is 20.8 Å². The van der Waals surface area contributed by atoms with E-state index in [2.05, 4.69) is 4.98 Å². The van der Waals surface area contributed by atoms with Crippen LogP contribution in [0.2, 0.25) is 0 Å². The van der Waals surface area contributed by atoms with E-state index < -0.39 is 21.7 Å². The monoisotopic (exact) mass is 442 g/mol. The molecule has 3 aromatic rings. The van der Waals surface area contributed by atoms with Gasteiger partial charge in [0.1, 0.15) is 11.6 Å². The van der Waals surface area contributed by atoms with Crippen LogP contribution < -0.4 is 19.5 Å². The smallest absolute Gasteiger partial charge is 0.312 e. The highest BCUT2D eigenvalue weighted by Crippen LogP contribution is 2.32. The van der Waals surface area contributed by atoms with Crippen molar-refractivity contribution < 1.29 is 18.8 Å². The molecule has 1 N–H and O–H groups in total. The number of hydrogen-bond donors (Lipinski definition) is 1. The SMILES string of the molecule is CC(C)(C)C(=O)/C=c1\[nH]c(=O)/c(=C\c2ccc(Oc3ccc(F)cc3)c([N+](=O)[O-])c2)s1. The summed E-state index contributed by atoms with van der Waals surface area (Å²) in [4.78, 5) is 37.9. The maximum absolute atomic E-state index is 13.0. The highest BCUT2D eigenvalue weighted by atomic mass is 32.1. The fourth-order valence-electron chi connectivity index (χ4n) is 2.49. The first-order chi connectivity index (χ1) is 14.5. The number of halogens is 1. The lowest BCUT2D eigenvalue weighted by atomic mass is 9.91. The van der Waals surface area contributed by atoms with Crippen LogP contribution >= 0.6 is 11.3 Å². The van der Waals surface area contributed by atoms with Crippen LogP contribution in [0.3, 0.4) is 0 Å². The zero-order valence-corrected chi connectivity index (χ0v) is 17.8. The van der Waals surface area contributed by atoms with Crippen molar-refractivity contribution in [2.75, 3.05) is 0 Å². The van der Waals surface area contributed by atoms with Crippen molar-refractivity contribution >= 4 is 35.0 Å². The van der Waals surface area contributed by atoms with Crippen LogP contribution in [0.15, 0.2) is 47.3 Å². The van der Waals surface area contributed by atoms with E-state index in [9.17, 15) is 24.1 Å². The molecule has 0 saturated carbocycles. The van der Waals surface area contributed by atoms with Crippen molar-refractivity contribution in [3.63, 3.8) is 0 Å². The Balaban J connectivity index is 1.98. The Bertz CT molecular complexity index is 1320. The number of nitro groups is 1. The summed E-state index contributed by atoms with van der Waals surface area (Å²) in [7, 11) is 0. The molecule has 0 bridgehead atoms. The number of carbonyl (C=O) groups is 1. The van der Waals surface area contributed by atoms with E-state index in [4.69, 9.17) is 4.74 Å².